The standard InChI is InChI=1S/C13H25FN4O2Si/c1-12(2,3)21(14,13(4,5)6)10-8-18(17-16-10)7-9(15)11(19)20/h8-9H,7,15H2,1-6H3,(H,19,20). The molecule has 0 aromatic carbocycles. The summed E-state index contributed by atoms with van der Waals surface area (Å²) in [5.74, 6) is -1.12. The summed E-state index contributed by atoms with van der Waals surface area (Å²) in [7, 11) is -3.47. The van der Waals surface area contributed by atoms with Crippen molar-refractivity contribution in [1.29, 1.82) is 0 Å². The molecule has 1 aromatic heterocycles. The van der Waals surface area contributed by atoms with E-state index in [9.17, 15) is 4.79 Å². The van der Waals surface area contributed by atoms with Crippen LogP contribution in [-0.4, -0.2) is 40.5 Å². The van der Waals surface area contributed by atoms with Gasteiger partial charge in [0.1, 0.15) is 11.4 Å². The van der Waals surface area contributed by atoms with Crippen LogP contribution in [-0.2, 0) is 11.3 Å². The molecule has 1 heterocycles. The van der Waals surface area contributed by atoms with Crippen LogP contribution in [0.5, 0.6) is 0 Å². The van der Waals surface area contributed by atoms with Gasteiger partial charge in [-0.1, -0.05) is 46.8 Å². The molecular weight excluding hydrogens is 291 g/mol. The van der Waals surface area contributed by atoms with E-state index in [0.29, 0.717) is 5.32 Å². The maximum atomic E-state index is 15.9. The van der Waals surface area contributed by atoms with Crippen molar-refractivity contribution in [2.24, 2.45) is 5.73 Å². The minimum Gasteiger partial charge on any atom is -0.480 e. The number of nitrogens with two attached hydrogens (primary N) is 1. The average molecular weight is 316 g/mol. The van der Waals surface area contributed by atoms with Crippen LogP contribution in [0.25, 0.3) is 0 Å². The monoisotopic (exact) mass is 316 g/mol. The number of carboxylic acid groups (broad SMARTS) is 1. The minimum atomic E-state index is -3.47. The highest BCUT2D eigenvalue weighted by Crippen LogP contribution is 2.50. The second-order valence-corrected chi connectivity index (χ2v) is 12.3. The fourth-order valence-electron chi connectivity index (χ4n) is 2.72. The van der Waals surface area contributed by atoms with E-state index in [1.807, 2.05) is 41.5 Å². The molecule has 21 heavy (non-hydrogen) atoms. The van der Waals surface area contributed by atoms with Crippen LogP contribution in [0.2, 0.25) is 10.1 Å². The lowest BCUT2D eigenvalue weighted by molar-refractivity contribution is -0.138. The van der Waals surface area contributed by atoms with Gasteiger partial charge >= 0.3 is 14.4 Å². The van der Waals surface area contributed by atoms with E-state index < -0.39 is 30.5 Å². The van der Waals surface area contributed by atoms with Crippen molar-refractivity contribution in [3.63, 3.8) is 0 Å². The van der Waals surface area contributed by atoms with Crippen LogP contribution in [0.1, 0.15) is 41.5 Å². The summed E-state index contributed by atoms with van der Waals surface area (Å²) in [5.41, 5.74) is 5.47. The Hall–Kier alpha value is -1.28. The van der Waals surface area contributed by atoms with Crippen LogP contribution in [0.3, 0.4) is 0 Å². The quantitative estimate of drug-likeness (QED) is 0.647. The number of aromatic nitrogens is 3. The average Bonchev–Trinajstić information content (AvgIpc) is 2.73. The number of carboxylic acids is 1. The zero-order valence-corrected chi connectivity index (χ0v) is 14.5. The van der Waals surface area contributed by atoms with Crippen LogP contribution < -0.4 is 11.1 Å². The van der Waals surface area contributed by atoms with Crippen molar-refractivity contribution in [2.45, 2.75) is 64.2 Å². The van der Waals surface area contributed by atoms with Crippen LogP contribution in [0.15, 0.2) is 6.20 Å². The Balaban J connectivity index is 3.19. The Kier molecular flexibility index (Phi) is 4.64. The summed E-state index contributed by atoms with van der Waals surface area (Å²) in [6.07, 6.45) is 1.51. The predicted octanol–water partition coefficient (Wildman–Crippen LogP) is 1.41. The number of hydrogen-bond donors (Lipinski definition) is 2. The first-order valence-corrected chi connectivity index (χ1v) is 8.76. The zero-order chi connectivity index (χ0) is 16.6. The third-order valence-electron chi connectivity index (χ3n) is 3.66. The van der Waals surface area contributed by atoms with Crippen molar-refractivity contribution in [1.82, 2.24) is 15.0 Å². The molecule has 3 N–H and O–H groups in total. The summed E-state index contributed by atoms with van der Waals surface area (Å²) < 4.78 is 17.2. The Labute approximate surface area is 125 Å². The first-order chi connectivity index (χ1) is 9.30. The van der Waals surface area contributed by atoms with Crippen molar-refractivity contribution >= 4 is 19.7 Å². The fourth-order valence-corrected chi connectivity index (χ4v) is 7.01. The van der Waals surface area contributed by atoms with E-state index in [1.165, 1.54) is 10.9 Å². The molecule has 0 saturated heterocycles. The molecule has 0 fully saturated rings. The molecule has 0 radical (unpaired) electrons. The normalized spacial score (nSPS) is 15.0. The Morgan fingerprint density at radius 2 is 1.86 bits per heavy atom. The van der Waals surface area contributed by atoms with Gasteiger partial charge in [0.15, 0.2) is 0 Å². The van der Waals surface area contributed by atoms with Gasteiger partial charge < -0.3 is 14.9 Å². The van der Waals surface area contributed by atoms with Crippen molar-refractivity contribution in [3.8, 4) is 0 Å². The zero-order valence-electron chi connectivity index (χ0n) is 13.5. The van der Waals surface area contributed by atoms with Crippen LogP contribution >= 0.6 is 0 Å². The smallest absolute Gasteiger partial charge is 0.322 e. The molecule has 1 aromatic rings. The van der Waals surface area contributed by atoms with E-state index >= 15 is 4.11 Å². The Morgan fingerprint density at radius 3 is 2.24 bits per heavy atom. The van der Waals surface area contributed by atoms with Gasteiger partial charge in [0.05, 0.1) is 6.54 Å². The van der Waals surface area contributed by atoms with Gasteiger partial charge in [-0.15, -0.1) is 5.10 Å². The maximum Gasteiger partial charge on any atom is 0.322 e. The van der Waals surface area contributed by atoms with Crippen LogP contribution in [0, 0.1) is 0 Å². The van der Waals surface area contributed by atoms with E-state index in [2.05, 4.69) is 10.3 Å². The molecule has 0 spiro atoms. The van der Waals surface area contributed by atoms with Crippen molar-refractivity contribution in [2.75, 3.05) is 0 Å². The second kappa shape index (κ2) is 5.49. The van der Waals surface area contributed by atoms with E-state index in [1.54, 1.807) is 0 Å². The van der Waals surface area contributed by atoms with Gasteiger partial charge in [-0.3, -0.25) is 9.48 Å². The third kappa shape index (κ3) is 3.32. The lowest BCUT2D eigenvalue weighted by Crippen LogP contribution is -2.58. The first kappa shape index (κ1) is 17.8. The van der Waals surface area contributed by atoms with Gasteiger partial charge in [0, 0.05) is 6.20 Å². The number of rotatable bonds is 4. The molecule has 0 saturated carbocycles. The molecule has 0 amide bonds. The lowest BCUT2D eigenvalue weighted by atomic mass is 10.2. The fraction of sp³-hybridized carbons (Fsp3) is 0.769. The van der Waals surface area contributed by atoms with Crippen molar-refractivity contribution in [3.05, 3.63) is 6.20 Å². The Bertz CT molecular complexity index is 505. The lowest BCUT2D eigenvalue weighted by Gasteiger charge is -2.42. The molecule has 0 bridgehead atoms. The van der Waals surface area contributed by atoms with E-state index in [4.69, 9.17) is 10.8 Å². The van der Waals surface area contributed by atoms with Gasteiger partial charge in [0.25, 0.3) is 0 Å². The molecule has 0 aliphatic heterocycles. The van der Waals surface area contributed by atoms with E-state index in [0.717, 1.165) is 0 Å². The highest BCUT2D eigenvalue weighted by molar-refractivity contribution is 6.90. The van der Waals surface area contributed by atoms with Gasteiger partial charge in [-0.25, -0.2) is 0 Å². The number of hydrogen-bond acceptors (Lipinski definition) is 4. The molecule has 8 heteroatoms. The first-order valence-electron chi connectivity index (χ1n) is 6.88. The third-order valence-corrected chi connectivity index (χ3v) is 8.73. The number of halogens is 1. The molecular formula is C13H25FN4O2Si. The van der Waals surface area contributed by atoms with Gasteiger partial charge in [0.2, 0.25) is 0 Å². The molecule has 120 valence electrons. The summed E-state index contributed by atoms with van der Waals surface area (Å²) in [4.78, 5) is 10.8. The van der Waals surface area contributed by atoms with E-state index in [-0.39, 0.29) is 6.54 Å². The number of carbonyl (C=O) groups is 1. The predicted molar refractivity (Wildman–Crippen MR) is 81.6 cm³/mol. The molecule has 1 atom stereocenters. The maximum absolute atomic E-state index is 15.9. The Morgan fingerprint density at radius 1 is 1.38 bits per heavy atom. The molecule has 0 aliphatic rings. The summed E-state index contributed by atoms with van der Waals surface area (Å²) in [6.45, 7) is 11.2. The van der Waals surface area contributed by atoms with Crippen molar-refractivity contribution < 1.29 is 14.0 Å². The van der Waals surface area contributed by atoms with Crippen LogP contribution in [0.4, 0.5) is 4.11 Å². The largest absolute Gasteiger partial charge is 0.480 e. The molecule has 1 unspecified atom stereocenters. The summed E-state index contributed by atoms with van der Waals surface area (Å²) >= 11 is 0. The summed E-state index contributed by atoms with van der Waals surface area (Å²) in [5, 5.41) is 15.9. The van der Waals surface area contributed by atoms with Gasteiger partial charge in [-0.2, -0.15) is 0 Å². The topological polar surface area (TPSA) is 94.0 Å². The number of aliphatic carboxylic acids is 1. The highest BCUT2D eigenvalue weighted by atomic mass is 28.4. The highest BCUT2D eigenvalue weighted by Gasteiger charge is 2.58. The summed E-state index contributed by atoms with van der Waals surface area (Å²) in [6, 6.07) is -1.08. The molecule has 6 nitrogen and oxygen atoms in total. The second-order valence-electron chi connectivity index (χ2n) is 7.43. The minimum absolute atomic E-state index is 0.0267. The molecule has 1 rings (SSSR count). The number of nitrogens with zero attached hydrogens (tertiary/aromatic N) is 3. The molecule has 0 aliphatic carbocycles. The van der Waals surface area contributed by atoms with Gasteiger partial charge in [-0.05, 0) is 10.1 Å². The SMILES string of the molecule is CC(C)(C)[Si](F)(c1cn(CC(N)C(=O)O)nn1)C(C)(C)C.